The lowest BCUT2D eigenvalue weighted by molar-refractivity contribution is 0.251. The van der Waals surface area contributed by atoms with Crippen molar-refractivity contribution in [2.45, 2.75) is 44.3 Å². The molecule has 2 heterocycles. The molecule has 1 aromatic carbocycles. The number of hydrogen-bond donors (Lipinski definition) is 2. The number of nitrogens with two attached hydrogens (primary N) is 1. The molecule has 7 nitrogen and oxygen atoms in total. The molecule has 1 aliphatic heterocycles. The molecule has 2 aliphatic rings. The lowest BCUT2D eigenvalue weighted by Gasteiger charge is -2.35. The monoisotopic (exact) mass is 420 g/mol. The molecule has 148 valence electrons. The standard InChI is InChI=1S/C19H22Cl2N6O/c1-26-17-11(9-23-18(25-17)24-15-8-3-2-7-14(15)22)10-27(19(26)28)16-12(20)5-4-6-13(16)21/h4-6,9,14-15H,2-3,7-8,10,22H2,1H3,(H,23,24,25). The summed E-state index contributed by atoms with van der Waals surface area (Å²) in [6, 6.07) is 5.16. The molecule has 2 unspecified atom stereocenters. The number of carbonyl (C=O) groups excluding carboxylic acids is 1. The minimum absolute atomic E-state index is 0.0885. The highest BCUT2D eigenvalue weighted by Gasteiger charge is 2.33. The number of anilines is 3. The summed E-state index contributed by atoms with van der Waals surface area (Å²) in [4.78, 5) is 25.0. The molecule has 4 rings (SSSR count). The zero-order valence-corrected chi connectivity index (χ0v) is 17.0. The minimum atomic E-state index is -0.249. The quantitative estimate of drug-likeness (QED) is 0.781. The maximum atomic E-state index is 13.0. The van der Waals surface area contributed by atoms with Crippen molar-refractivity contribution in [1.29, 1.82) is 0 Å². The average molecular weight is 421 g/mol. The van der Waals surface area contributed by atoms with Crippen molar-refractivity contribution in [3.05, 3.63) is 40.0 Å². The van der Waals surface area contributed by atoms with Crippen LogP contribution in [0, 0.1) is 0 Å². The molecule has 3 N–H and O–H groups in total. The Morgan fingerprint density at radius 3 is 2.64 bits per heavy atom. The van der Waals surface area contributed by atoms with Crippen LogP contribution in [0.4, 0.5) is 22.2 Å². The van der Waals surface area contributed by atoms with Gasteiger partial charge in [-0.05, 0) is 25.0 Å². The van der Waals surface area contributed by atoms with E-state index < -0.39 is 0 Å². The lowest BCUT2D eigenvalue weighted by atomic mass is 9.91. The summed E-state index contributed by atoms with van der Waals surface area (Å²) >= 11 is 12.6. The van der Waals surface area contributed by atoms with Gasteiger partial charge in [0.15, 0.2) is 0 Å². The Morgan fingerprint density at radius 1 is 1.21 bits per heavy atom. The van der Waals surface area contributed by atoms with Crippen LogP contribution in [0.5, 0.6) is 0 Å². The highest BCUT2D eigenvalue weighted by Crippen LogP contribution is 2.38. The van der Waals surface area contributed by atoms with Gasteiger partial charge in [-0.25, -0.2) is 9.78 Å². The van der Waals surface area contributed by atoms with Gasteiger partial charge in [-0.1, -0.05) is 42.1 Å². The first-order valence-corrected chi connectivity index (χ1v) is 10.1. The summed E-state index contributed by atoms with van der Waals surface area (Å²) in [6.07, 6.45) is 6.02. The number of urea groups is 1. The highest BCUT2D eigenvalue weighted by molar-refractivity contribution is 6.40. The van der Waals surface area contributed by atoms with E-state index in [9.17, 15) is 4.79 Å². The van der Waals surface area contributed by atoms with Crippen LogP contribution < -0.4 is 20.9 Å². The molecule has 1 saturated carbocycles. The van der Waals surface area contributed by atoms with E-state index in [-0.39, 0.29) is 18.1 Å². The topological polar surface area (TPSA) is 87.4 Å². The van der Waals surface area contributed by atoms with Gasteiger partial charge in [-0.15, -0.1) is 0 Å². The number of hydrogen-bond acceptors (Lipinski definition) is 5. The second-order valence-corrected chi connectivity index (χ2v) is 8.05. The van der Waals surface area contributed by atoms with Gasteiger partial charge in [0.1, 0.15) is 5.82 Å². The predicted octanol–water partition coefficient (Wildman–Crippen LogP) is 4.04. The summed E-state index contributed by atoms with van der Waals surface area (Å²) in [5.74, 6) is 1.07. The van der Waals surface area contributed by atoms with E-state index in [1.165, 1.54) is 4.90 Å². The zero-order valence-electron chi connectivity index (χ0n) is 15.5. The van der Waals surface area contributed by atoms with Gasteiger partial charge < -0.3 is 11.1 Å². The Kier molecular flexibility index (Phi) is 5.31. The summed E-state index contributed by atoms with van der Waals surface area (Å²) in [7, 11) is 1.68. The molecule has 1 aromatic heterocycles. The first-order chi connectivity index (χ1) is 13.5. The normalized spacial score (nSPS) is 22.2. The van der Waals surface area contributed by atoms with Crippen molar-refractivity contribution in [2.24, 2.45) is 5.73 Å². The van der Waals surface area contributed by atoms with Crippen molar-refractivity contribution < 1.29 is 4.79 Å². The largest absolute Gasteiger partial charge is 0.350 e. The number of nitrogens with zero attached hydrogens (tertiary/aromatic N) is 4. The third kappa shape index (κ3) is 3.50. The average Bonchev–Trinajstić information content (AvgIpc) is 2.68. The SMILES string of the molecule is CN1C(=O)N(c2c(Cl)cccc2Cl)Cc2cnc(NC3CCCCC3N)nc21. The number of para-hydroxylation sites is 1. The molecule has 1 fully saturated rings. The molecule has 9 heteroatoms. The molecule has 2 amide bonds. The van der Waals surface area contributed by atoms with Crippen LogP contribution in [0.3, 0.4) is 0 Å². The third-order valence-corrected chi connectivity index (χ3v) is 5.96. The van der Waals surface area contributed by atoms with Gasteiger partial charge in [-0.2, -0.15) is 4.98 Å². The second kappa shape index (κ2) is 7.73. The van der Waals surface area contributed by atoms with Crippen molar-refractivity contribution in [1.82, 2.24) is 9.97 Å². The summed E-state index contributed by atoms with van der Waals surface area (Å²) < 4.78 is 0. The molecule has 0 bridgehead atoms. The molecule has 2 aromatic rings. The number of amides is 2. The third-order valence-electron chi connectivity index (χ3n) is 5.35. The molecule has 0 spiro atoms. The van der Waals surface area contributed by atoms with Crippen LogP contribution >= 0.6 is 23.2 Å². The lowest BCUT2D eigenvalue weighted by Crippen LogP contribution is -2.46. The van der Waals surface area contributed by atoms with Gasteiger partial charge in [-0.3, -0.25) is 9.80 Å². The van der Waals surface area contributed by atoms with Gasteiger partial charge in [0.05, 0.1) is 22.3 Å². The fourth-order valence-corrected chi connectivity index (χ4v) is 4.41. The molecule has 2 atom stereocenters. The van der Waals surface area contributed by atoms with E-state index in [0.717, 1.165) is 31.2 Å². The fraction of sp³-hybridized carbons (Fsp3) is 0.421. The first kappa shape index (κ1) is 19.2. The van der Waals surface area contributed by atoms with Crippen LogP contribution in [0.2, 0.25) is 10.0 Å². The Hall–Kier alpha value is -2.09. The van der Waals surface area contributed by atoms with Crippen molar-refractivity contribution >= 4 is 46.7 Å². The number of aromatic nitrogens is 2. The van der Waals surface area contributed by atoms with Gasteiger partial charge >= 0.3 is 6.03 Å². The summed E-state index contributed by atoms with van der Waals surface area (Å²) in [5, 5.41) is 4.18. The maximum Gasteiger partial charge on any atom is 0.330 e. The Balaban J connectivity index is 1.62. The van der Waals surface area contributed by atoms with Crippen molar-refractivity contribution in [3.63, 3.8) is 0 Å². The van der Waals surface area contributed by atoms with E-state index in [2.05, 4.69) is 15.3 Å². The maximum absolute atomic E-state index is 13.0. The number of carbonyl (C=O) groups is 1. The number of benzene rings is 1. The Morgan fingerprint density at radius 2 is 1.93 bits per heavy atom. The number of fused-ring (bicyclic) bond motifs is 1. The first-order valence-electron chi connectivity index (χ1n) is 9.33. The van der Waals surface area contributed by atoms with Gasteiger partial charge in [0.2, 0.25) is 5.95 Å². The number of nitrogens with one attached hydrogen (secondary N) is 1. The van der Waals surface area contributed by atoms with E-state index in [1.54, 1.807) is 36.3 Å². The molecule has 28 heavy (non-hydrogen) atoms. The van der Waals surface area contributed by atoms with Gasteiger partial charge in [0, 0.05) is 30.9 Å². The van der Waals surface area contributed by atoms with E-state index in [1.807, 2.05) is 0 Å². The second-order valence-electron chi connectivity index (χ2n) is 7.24. The smallest absolute Gasteiger partial charge is 0.330 e. The molecular formula is C19H22Cl2N6O. The van der Waals surface area contributed by atoms with Crippen LogP contribution in [0.1, 0.15) is 31.2 Å². The Labute approximate surface area is 173 Å². The zero-order chi connectivity index (χ0) is 19.8. The highest BCUT2D eigenvalue weighted by atomic mass is 35.5. The summed E-state index contributed by atoms with van der Waals surface area (Å²) in [5.41, 5.74) is 7.52. The van der Waals surface area contributed by atoms with Crippen molar-refractivity contribution in [2.75, 3.05) is 22.2 Å². The van der Waals surface area contributed by atoms with Crippen LogP contribution in [-0.2, 0) is 6.54 Å². The van der Waals surface area contributed by atoms with E-state index in [0.29, 0.717) is 34.0 Å². The molecule has 0 saturated heterocycles. The minimum Gasteiger partial charge on any atom is -0.350 e. The van der Waals surface area contributed by atoms with Crippen LogP contribution in [-0.4, -0.2) is 35.1 Å². The Bertz CT molecular complexity index is 888. The van der Waals surface area contributed by atoms with Crippen molar-refractivity contribution in [3.8, 4) is 0 Å². The van der Waals surface area contributed by atoms with Crippen LogP contribution in [0.25, 0.3) is 0 Å². The van der Waals surface area contributed by atoms with E-state index in [4.69, 9.17) is 28.9 Å². The fourth-order valence-electron chi connectivity index (χ4n) is 3.81. The predicted molar refractivity (Wildman–Crippen MR) is 112 cm³/mol. The molecule has 1 aliphatic carbocycles. The summed E-state index contributed by atoms with van der Waals surface area (Å²) in [6.45, 7) is 0.297. The number of halogens is 2. The number of rotatable bonds is 3. The van der Waals surface area contributed by atoms with Crippen LogP contribution in [0.15, 0.2) is 24.4 Å². The molecular weight excluding hydrogens is 399 g/mol. The van der Waals surface area contributed by atoms with Gasteiger partial charge in [0.25, 0.3) is 0 Å². The van der Waals surface area contributed by atoms with E-state index >= 15 is 0 Å². The molecule has 0 radical (unpaired) electrons.